The Labute approximate surface area is 163 Å². The van der Waals surface area contributed by atoms with Crippen LogP contribution in [0.1, 0.15) is 43.3 Å². The molecule has 0 saturated carbocycles. The van der Waals surface area contributed by atoms with E-state index in [4.69, 9.17) is 4.98 Å². The standard InChI is InChI=1S/C20H23N7O.H2/c1-3-13-5-7-26(20(28)14-8-24-25(2)11-14)12-16(13)19-23-10-15-9-22-18-17(27(15)19)4-6-21-18;/h4,6,8-11,13,16,21H,3,5,7,12H2,1-2H3;1H/t13-,16+;/m1./s1. The molecule has 8 nitrogen and oxygen atoms in total. The molecule has 5 heterocycles. The number of carbonyl (C=O) groups excluding carboxylic acids is 1. The molecule has 0 aromatic carbocycles. The van der Waals surface area contributed by atoms with Crippen molar-refractivity contribution in [2.75, 3.05) is 13.1 Å². The lowest BCUT2D eigenvalue weighted by atomic mass is 9.83. The van der Waals surface area contributed by atoms with Gasteiger partial charge in [-0.25, -0.2) is 9.97 Å². The first-order valence-corrected chi connectivity index (χ1v) is 9.73. The number of amides is 1. The SMILES string of the molecule is CC[C@@H]1CCN(C(=O)c2cnn(C)c2)C[C@@H]1c1ncc2cnc3[nH]ccc3n12.[HH]. The number of nitrogens with one attached hydrogen (secondary N) is 1. The lowest BCUT2D eigenvalue weighted by molar-refractivity contribution is 0.0652. The number of likely N-dealkylation sites (tertiary alicyclic amines) is 1. The van der Waals surface area contributed by atoms with Gasteiger partial charge in [0, 0.05) is 39.9 Å². The molecule has 1 N–H and O–H groups in total. The van der Waals surface area contributed by atoms with E-state index in [1.165, 1.54) is 0 Å². The van der Waals surface area contributed by atoms with E-state index in [9.17, 15) is 4.79 Å². The largest absolute Gasteiger partial charge is 0.345 e. The maximum absolute atomic E-state index is 13.0. The second-order valence-corrected chi connectivity index (χ2v) is 7.56. The summed E-state index contributed by atoms with van der Waals surface area (Å²) in [5.74, 6) is 1.73. The molecule has 146 valence electrons. The monoisotopic (exact) mass is 379 g/mol. The van der Waals surface area contributed by atoms with Crippen LogP contribution in [0.3, 0.4) is 0 Å². The summed E-state index contributed by atoms with van der Waals surface area (Å²) in [6.07, 6.45) is 11.1. The number of rotatable bonds is 3. The van der Waals surface area contributed by atoms with Crippen LogP contribution in [0.25, 0.3) is 16.7 Å². The van der Waals surface area contributed by atoms with Crippen LogP contribution >= 0.6 is 0 Å². The van der Waals surface area contributed by atoms with E-state index in [1.807, 2.05) is 36.6 Å². The lowest BCUT2D eigenvalue weighted by Gasteiger charge is -2.37. The Morgan fingerprint density at radius 3 is 2.96 bits per heavy atom. The number of hydrogen-bond donors (Lipinski definition) is 1. The van der Waals surface area contributed by atoms with Crippen LogP contribution in [0.15, 0.2) is 37.1 Å². The number of aromatic nitrogens is 6. The van der Waals surface area contributed by atoms with Crippen LogP contribution in [-0.2, 0) is 7.05 Å². The van der Waals surface area contributed by atoms with Gasteiger partial charge in [0.2, 0.25) is 0 Å². The van der Waals surface area contributed by atoms with Crippen LogP contribution in [0.4, 0.5) is 0 Å². The van der Waals surface area contributed by atoms with Gasteiger partial charge >= 0.3 is 0 Å². The third-order valence-corrected chi connectivity index (χ3v) is 5.94. The quantitative estimate of drug-likeness (QED) is 0.593. The molecule has 4 aromatic heterocycles. The van der Waals surface area contributed by atoms with E-state index in [2.05, 4.69) is 26.4 Å². The third kappa shape index (κ3) is 2.59. The van der Waals surface area contributed by atoms with Crippen LogP contribution < -0.4 is 0 Å². The normalized spacial score (nSPS) is 20.3. The van der Waals surface area contributed by atoms with Gasteiger partial charge in [-0.2, -0.15) is 5.10 Å². The van der Waals surface area contributed by atoms with Crippen molar-refractivity contribution in [2.45, 2.75) is 25.7 Å². The number of nitrogens with zero attached hydrogens (tertiary/aromatic N) is 6. The molecule has 0 unspecified atom stereocenters. The smallest absolute Gasteiger partial charge is 0.257 e. The average Bonchev–Trinajstić information content (AvgIpc) is 3.45. The van der Waals surface area contributed by atoms with Crippen molar-refractivity contribution >= 4 is 22.6 Å². The van der Waals surface area contributed by atoms with Gasteiger partial charge in [0.25, 0.3) is 5.91 Å². The number of aromatic amines is 1. The minimum atomic E-state index is 0. The second kappa shape index (κ2) is 6.47. The molecule has 1 saturated heterocycles. The summed E-state index contributed by atoms with van der Waals surface area (Å²) in [5, 5.41) is 4.14. The van der Waals surface area contributed by atoms with Crippen LogP contribution in [0, 0.1) is 5.92 Å². The Bertz CT molecular complexity index is 1160. The highest BCUT2D eigenvalue weighted by atomic mass is 16.2. The molecule has 8 heteroatoms. The number of imidazole rings is 1. The van der Waals surface area contributed by atoms with Crippen molar-refractivity contribution in [3.05, 3.63) is 48.4 Å². The number of piperidine rings is 1. The molecule has 0 radical (unpaired) electrons. The fraction of sp³-hybridized carbons (Fsp3) is 0.400. The highest BCUT2D eigenvalue weighted by molar-refractivity contribution is 5.93. The molecular weight excluding hydrogens is 354 g/mol. The van der Waals surface area contributed by atoms with Crippen LogP contribution in [-0.4, -0.2) is 53.0 Å². The zero-order valence-corrected chi connectivity index (χ0v) is 16.0. The molecule has 0 aliphatic carbocycles. The summed E-state index contributed by atoms with van der Waals surface area (Å²) in [5.41, 5.74) is 3.49. The molecule has 0 bridgehead atoms. The van der Waals surface area contributed by atoms with E-state index in [0.717, 1.165) is 41.9 Å². The van der Waals surface area contributed by atoms with Crippen molar-refractivity contribution in [3.8, 4) is 0 Å². The Morgan fingerprint density at radius 1 is 1.32 bits per heavy atom. The first kappa shape index (κ1) is 17.0. The van der Waals surface area contributed by atoms with Gasteiger partial charge in [0.15, 0.2) is 5.65 Å². The fourth-order valence-corrected chi connectivity index (χ4v) is 4.44. The van der Waals surface area contributed by atoms with Gasteiger partial charge in [0.1, 0.15) is 5.82 Å². The maximum Gasteiger partial charge on any atom is 0.257 e. The van der Waals surface area contributed by atoms with Crippen LogP contribution in [0.2, 0.25) is 0 Å². The minimum absolute atomic E-state index is 0. The van der Waals surface area contributed by atoms with Crippen molar-refractivity contribution in [2.24, 2.45) is 13.0 Å². The molecule has 28 heavy (non-hydrogen) atoms. The highest BCUT2D eigenvalue weighted by Crippen LogP contribution is 2.35. The Kier molecular flexibility index (Phi) is 3.92. The van der Waals surface area contributed by atoms with E-state index >= 15 is 0 Å². The van der Waals surface area contributed by atoms with Gasteiger partial charge in [-0.3, -0.25) is 13.9 Å². The molecular formula is C20H25N7O. The van der Waals surface area contributed by atoms with Gasteiger partial charge in [-0.1, -0.05) is 13.3 Å². The second-order valence-electron chi connectivity index (χ2n) is 7.56. The number of H-pyrrole nitrogens is 1. The van der Waals surface area contributed by atoms with E-state index in [0.29, 0.717) is 18.0 Å². The number of fused-ring (bicyclic) bond motifs is 3. The Hall–Kier alpha value is -3.16. The number of carbonyl (C=O) groups is 1. The minimum Gasteiger partial charge on any atom is -0.345 e. The molecule has 0 spiro atoms. The highest BCUT2D eigenvalue weighted by Gasteiger charge is 2.34. The average molecular weight is 379 g/mol. The molecule has 1 fully saturated rings. The van der Waals surface area contributed by atoms with Gasteiger partial charge in [-0.05, 0) is 18.4 Å². The molecule has 1 amide bonds. The lowest BCUT2D eigenvalue weighted by Crippen LogP contribution is -2.43. The Balaban J connectivity index is 0.00000205. The first-order valence-electron chi connectivity index (χ1n) is 9.73. The van der Waals surface area contributed by atoms with Crippen molar-refractivity contribution in [1.29, 1.82) is 0 Å². The maximum atomic E-state index is 13.0. The first-order chi connectivity index (χ1) is 13.7. The van der Waals surface area contributed by atoms with E-state index in [-0.39, 0.29) is 13.3 Å². The summed E-state index contributed by atoms with van der Waals surface area (Å²) in [7, 11) is 1.83. The zero-order valence-electron chi connectivity index (χ0n) is 16.0. The summed E-state index contributed by atoms with van der Waals surface area (Å²) >= 11 is 0. The molecule has 2 atom stereocenters. The topological polar surface area (TPSA) is 84.1 Å². The van der Waals surface area contributed by atoms with Crippen molar-refractivity contribution in [1.82, 2.24) is 34.0 Å². The zero-order chi connectivity index (χ0) is 19.3. The predicted molar refractivity (Wildman–Crippen MR) is 107 cm³/mol. The van der Waals surface area contributed by atoms with Crippen molar-refractivity contribution in [3.63, 3.8) is 0 Å². The summed E-state index contributed by atoms with van der Waals surface area (Å²) < 4.78 is 3.85. The fourth-order valence-electron chi connectivity index (χ4n) is 4.44. The van der Waals surface area contributed by atoms with E-state index in [1.54, 1.807) is 17.1 Å². The summed E-state index contributed by atoms with van der Waals surface area (Å²) in [6, 6.07) is 2.03. The predicted octanol–water partition coefficient (Wildman–Crippen LogP) is 2.85. The molecule has 5 rings (SSSR count). The molecule has 4 aromatic rings. The van der Waals surface area contributed by atoms with E-state index < -0.39 is 0 Å². The van der Waals surface area contributed by atoms with Gasteiger partial charge < -0.3 is 9.88 Å². The summed E-state index contributed by atoms with van der Waals surface area (Å²) in [6.45, 7) is 3.66. The van der Waals surface area contributed by atoms with Gasteiger partial charge in [-0.15, -0.1) is 0 Å². The van der Waals surface area contributed by atoms with Crippen molar-refractivity contribution < 1.29 is 6.22 Å². The molecule has 1 aliphatic rings. The van der Waals surface area contributed by atoms with Crippen LogP contribution in [0.5, 0.6) is 0 Å². The number of hydrogen-bond acceptors (Lipinski definition) is 4. The summed E-state index contributed by atoms with van der Waals surface area (Å²) in [4.78, 5) is 27.3. The third-order valence-electron chi connectivity index (χ3n) is 5.94. The van der Waals surface area contributed by atoms with Gasteiger partial charge in [0.05, 0.1) is 35.2 Å². The molecule has 1 aliphatic heterocycles. The number of aryl methyl sites for hydroxylation is 1. The Morgan fingerprint density at radius 2 is 2.18 bits per heavy atom.